The standard InChI is InChI=1S/C19H22N4O6S2/c1-5-18-22-19(23-29-18)15-9-16(11(2)30-15)31(25,26)20-10-17(24)21-12-6-13(27-3)8-14(7-12)28-4/h6-9,20H,5,10H2,1-4H3,(H,21,24). The molecule has 0 aliphatic carbocycles. The molecular formula is C19H22N4O6S2. The van der Waals surface area contributed by atoms with Gasteiger partial charge in [0.25, 0.3) is 0 Å². The van der Waals surface area contributed by atoms with Crippen LogP contribution in [0, 0.1) is 6.92 Å². The Kier molecular flexibility index (Phi) is 6.93. The second kappa shape index (κ2) is 9.45. The summed E-state index contributed by atoms with van der Waals surface area (Å²) in [6, 6.07) is 6.32. The van der Waals surface area contributed by atoms with Gasteiger partial charge in [-0.15, -0.1) is 11.3 Å². The molecule has 1 aromatic carbocycles. The van der Waals surface area contributed by atoms with Crippen LogP contribution in [0.1, 0.15) is 17.7 Å². The Morgan fingerprint density at radius 3 is 2.42 bits per heavy atom. The molecule has 10 nitrogen and oxygen atoms in total. The van der Waals surface area contributed by atoms with E-state index in [0.717, 1.165) is 0 Å². The van der Waals surface area contributed by atoms with Crippen molar-refractivity contribution in [3.8, 4) is 22.2 Å². The highest BCUT2D eigenvalue weighted by Crippen LogP contribution is 2.32. The van der Waals surface area contributed by atoms with Gasteiger partial charge in [-0.25, -0.2) is 13.1 Å². The van der Waals surface area contributed by atoms with E-state index in [1.807, 2.05) is 6.92 Å². The van der Waals surface area contributed by atoms with E-state index < -0.39 is 22.5 Å². The van der Waals surface area contributed by atoms with Crippen LogP contribution in [0.4, 0.5) is 5.69 Å². The molecule has 31 heavy (non-hydrogen) atoms. The van der Waals surface area contributed by atoms with E-state index in [4.69, 9.17) is 14.0 Å². The first-order valence-electron chi connectivity index (χ1n) is 9.21. The second-order valence-corrected chi connectivity index (χ2v) is 9.36. The molecule has 0 aliphatic rings. The van der Waals surface area contributed by atoms with E-state index in [2.05, 4.69) is 20.2 Å². The summed E-state index contributed by atoms with van der Waals surface area (Å²) in [6.07, 6.45) is 0.582. The number of amides is 1. The highest BCUT2D eigenvalue weighted by molar-refractivity contribution is 7.89. The number of methoxy groups -OCH3 is 2. The van der Waals surface area contributed by atoms with Crippen LogP contribution in [-0.2, 0) is 21.2 Å². The van der Waals surface area contributed by atoms with Crippen LogP contribution in [0.2, 0.25) is 0 Å². The number of nitrogens with zero attached hydrogens (tertiary/aromatic N) is 2. The van der Waals surface area contributed by atoms with Gasteiger partial charge >= 0.3 is 0 Å². The van der Waals surface area contributed by atoms with Crippen molar-refractivity contribution in [2.24, 2.45) is 0 Å². The third-order valence-electron chi connectivity index (χ3n) is 4.21. The van der Waals surface area contributed by atoms with Gasteiger partial charge in [-0.3, -0.25) is 4.79 Å². The Balaban J connectivity index is 1.69. The highest BCUT2D eigenvalue weighted by atomic mass is 32.2. The molecule has 0 spiro atoms. The number of aromatic nitrogens is 2. The van der Waals surface area contributed by atoms with Gasteiger partial charge in [0.05, 0.1) is 30.5 Å². The normalized spacial score (nSPS) is 11.4. The minimum atomic E-state index is -3.93. The number of anilines is 1. The average Bonchev–Trinajstić information content (AvgIpc) is 3.38. The molecule has 2 aromatic heterocycles. The molecule has 2 N–H and O–H groups in total. The maximum Gasteiger partial charge on any atom is 0.242 e. The Bertz CT molecular complexity index is 1160. The average molecular weight is 467 g/mol. The summed E-state index contributed by atoms with van der Waals surface area (Å²) in [5, 5.41) is 6.48. The lowest BCUT2D eigenvalue weighted by Gasteiger charge is -2.10. The van der Waals surface area contributed by atoms with Crippen LogP contribution in [0.15, 0.2) is 33.7 Å². The van der Waals surface area contributed by atoms with Gasteiger partial charge in [-0.05, 0) is 13.0 Å². The minimum absolute atomic E-state index is 0.0613. The number of carbonyl (C=O) groups is 1. The number of sulfonamides is 1. The summed E-state index contributed by atoms with van der Waals surface area (Å²) in [7, 11) is -0.947. The first kappa shape index (κ1) is 22.7. The molecule has 0 saturated heterocycles. The lowest BCUT2D eigenvalue weighted by Crippen LogP contribution is -2.33. The van der Waals surface area contributed by atoms with Crippen molar-refractivity contribution in [1.82, 2.24) is 14.9 Å². The zero-order valence-corrected chi connectivity index (χ0v) is 19.0. The molecule has 0 radical (unpaired) electrons. The van der Waals surface area contributed by atoms with E-state index in [9.17, 15) is 13.2 Å². The molecule has 0 aliphatic heterocycles. The van der Waals surface area contributed by atoms with Gasteiger partial charge < -0.3 is 19.3 Å². The SMILES string of the molecule is CCc1nc(-c2cc(S(=O)(=O)NCC(=O)Nc3cc(OC)cc(OC)c3)c(C)s2)no1. The van der Waals surface area contributed by atoms with Crippen molar-refractivity contribution in [1.29, 1.82) is 0 Å². The minimum Gasteiger partial charge on any atom is -0.497 e. The quantitative estimate of drug-likeness (QED) is 0.492. The first-order chi connectivity index (χ1) is 14.7. The highest BCUT2D eigenvalue weighted by Gasteiger charge is 2.23. The predicted octanol–water partition coefficient (Wildman–Crippen LogP) is 2.60. The molecule has 12 heteroatoms. The number of nitrogens with one attached hydrogen (secondary N) is 2. The second-order valence-electron chi connectivity index (χ2n) is 6.37. The summed E-state index contributed by atoms with van der Waals surface area (Å²) in [5.74, 6) is 1.23. The Morgan fingerprint density at radius 2 is 1.84 bits per heavy atom. The van der Waals surface area contributed by atoms with Gasteiger partial charge in [0.1, 0.15) is 11.5 Å². The van der Waals surface area contributed by atoms with Crippen LogP contribution >= 0.6 is 11.3 Å². The monoisotopic (exact) mass is 466 g/mol. The van der Waals surface area contributed by atoms with Crippen molar-refractivity contribution < 1.29 is 27.2 Å². The molecule has 0 unspecified atom stereocenters. The lowest BCUT2D eigenvalue weighted by atomic mass is 10.2. The molecule has 3 rings (SSSR count). The lowest BCUT2D eigenvalue weighted by molar-refractivity contribution is -0.115. The Morgan fingerprint density at radius 1 is 1.16 bits per heavy atom. The van der Waals surface area contributed by atoms with E-state index >= 15 is 0 Å². The van der Waals surface area contributed by atoms with Crippen molar-refractivity contribution in [3.05, 3.63) is 35.0 Å². The topological polar surface area (TPSA) is 133 Å². The largest absolute Gasteiger partial charge is 0.497 e. The number of thiophene rings is 1. The Labute approximate surface area is 183 Å². The maximum atomic E-state index is 12.7. The molecule has 0 fully saturated rings. The van der Waals surface area contributed by atoms with E-state index in [-0.39, 0.29) is 4.90 Å². The summed E-state index contributed by atoms with van der Waals surface area (Å²) < 4.78 is 43.2. The number of hydrogen-bond donors (Lipinski definition) is 2. The van der Waals surface area contributed by atoms with Gasteiger partial charge in [-0.2, -0.15) is 4.98 Å². The number of ether oxygens (including phenoxy) is 2. The molecular weight excluding hydrogens is 444 g/mol. The Hall–Kier alpha value is -2.96. The first-order valence-corrected chi connectivity index (χ1v) is 11.5. The van der Waals surface area contributed by atoms with Crippen LogP contribution in [0.5, 0.6) is 11.5 Å². The fraction of sp³-hybridized carbons (Fsp3) is 0.316. The fourth-order valence-electron chi connectivity index (χ4n) is 2.66. The molecule has 3 aromatic rings. The van der Waals surface area contributed by atoms with E-state index in [1.54, 1.807) is 25.1 Å². The van der Waals surface area contributed by atoms with Crippen LogP contribution in [0.25, 0.3) is 10.7 Å². The van der Waals surface area contributed by atoms with Crippen molar-refractivity contribution in [2.45, 2.75) is 25.2 Å². The smallest absolute Gasteiger partial charge is 0.242 e. The van der Waals surface area contributed by atoms with Crippen molar-refractivity contribution in [2.75, 3.05) is 26.1 Å². The fourth-order valence-corrected chi connectivity index (χ4v) is 5.16. The summed E-state index contributed by atoms with van der Waals surface area (Å²) >= 11 is 1.23. The molecule has 0 saturated carbocycles. The third kappa shape index (κ3) is 5.40. The van der Waals surface area contributed by atoms with Gasteiger partial charge in [0.2, 0.25) is 27.6 Å². The zero-order valence-electron chi connectivity index (χ0n) is 17.4. The zero-order chi connectivity index (χ0) is 22.6. The number of carbonyl (C=O) groups excluding carboxylic acids is 1. The summed E-state index contributed by atoms with van der Waals surface area (Å²) in [5.41, 5.74) is 0.415. The molecule has 166 valence electrons. The number of rotatable bonds is 9. The third-order valence-corrected chi connectivity index (χ3v) is 6.91. The number of benzene rings is 1. The van der Waals surface area contributed by atoms with Gasteiger partial charge in [0.15, 0.2) is 0 Å². The van der Waals surface area contributed by atoms with Gasteiger partial charge in [-0.1, -0.05) is 12.1 Å². The summed E-state index contributed by atoms with van der Waals surface area (Å²) in [6.45, 7) is 3.10. The van der Waals surface area contributed by atoms with Crippen molar-refractivity contribution >= 4 is 33.0 Å². The maximum absolute atomic E-state index is 12.7. The molecule has 0 bridgehead atoms. The number of hydrogen-bond acceptors (Lipinski definition) is 9. The van der Waals surface area contributed by atoms with Gasteiger partial charge in [0, 0.05) is 35.2 Å². The van der Waals surface area contributed by atoms with Crippen molar-refractivity contribution in [3.63, 3.8) is 0 Å². The molecule has 2 heterocycles. The molecule has 0 atom stereocenters. The number of aryl methyl sites for hydroxylation is 2. The molecule has 1 amide bonds. The van der Waals surface area contributed by atoms with Crippen LogP contribution in [0.3, 0.4) is 0 Å². The predicted molar refractivity (Wildman–Crippen MR) is 115 cm³/mol. The van der Waals surface area contributed by atoms with Crippen LogP contribution < -0.4 is 19.5 Å². The summed E-state index contributed by atoms with van der Waals surface area (Å²) in [4.78, 5) is 17.7. The van der Waals surface area contributed by atoms with E-state index in [0.29, 0.717) is 45.1 Å². The van der Waals surface area contributed by atoms with Crippen LogP contribution in [-0.4, -0.2) is 45.2 Å². The van der Waals surface area contributed by atoms with E-state index in [1.165, 1.54) is 31.6 Å².